The molecule has 0 aromatic heterocycles. The molecule has 0 aliphatic heterocycles. The van der Waals surface area contributed by atoms with Gasteiger partial charge in [-0.3, -0.25) is 4.79 Å². The van der Waals surface area contributed by atoms with Gasteiger partial charge in [0.05, 0.1) is 5.82 Å². The van der Waals surface area contributed by atoms with Gasteiger partial charge in [0.2, 0.25) is 5.91 Å². The minimum absolute atomic E-state index is 0. The Morgan fingerprint density at radius 2 is 1.50 bits per heavy atom. The van der Waals surface area contributed by atoms with E-state index in [-0.39, 0.29) is 35.6 Å². The summed E-state index contributed by atoms with van der Waals surface area (Å²) in [5, 5.41) is 9.34. The van der Waals surface area contributed by atoms with Crippen molar-refractivity contribution in [2.24, 2.45) is 0 Å². The van der Waals surface area contributed by atoms with Gasteiger partial charge in [-0.25, -0.2) is 14.0 Å². The molecule has 0 heterocycles. The van der Waals surface area contributed by atoms with Crippen LogP contribution in [0.25, 0.3) is 0 Å². The minimum atomic E-state index is -0.442. The molecule has 0 unspecified atom stereocenters. The molecule has 2 aromatic rings. The van der Waals surface area contributed by atoms with Crippen molar-refractivity contribution in [2.45, 2.75) is 6.92 Å². The summed E-state index contributed by atoms with van der Waals surface area (Å²) in [5.74, 6) is -1.28. The number of carbonyl (C=O) groups is 1. The molecule has 0 bridgehead atoms. The van der Waals surface area contributed by atoms with Gasteiger partial charge in [0, 0.05) is 24.7 Å². The number of nitriles is 1. The van der Waals surface area contributed by atoms with Crippen LogP contribution in [-0.2, 0) is 4.79 Å². The van der Waals surface area contributed by atoms with Crippen LogP contribution in [-0.4, -0.2) is 5.91 Å². The van der Waals surface area contributed by atoms with Crippen molar-refractivity contribution >= 4 is 11.6 Å². The van der Waals surface area contributed by atoms with Crippen LogP contribution in [0.4, 0.5) is 14.5 Å². The van der Waals surface area contributed by atoms with Gasteiger partial charge in [-0.1, -0.05) is 12.1 Å². The zero-order chi connectivity index (χ0) is 15.4. The standard InChI is InChI=1S/C16H11F2N2O.Na/c1-11(21)20(15-8-6-14(18)7-9-15)16(10-19)12-2-4-13(17)5-3-12;/h2-9H,1H3;/q-1;+1. The van der Waals surface area contributed by atoms with E-state index in [0.29, 0.717) is 11.3 Å². The van der Waals surface area contributed by atoms with E-state index in [4.69, 9.17) is 0 Å². The van der Waals surface area contributed by atoms with E-state index >= 15 is 0 Å². The third-order valence-electron chi connectivity index (χ3n) is 2.85. The summed E-state index contributed by atoms with van der Waals surface area (Å²) in [4.78, 5) is 13.0. The van der Waals surface area contributed by atoms with Crippen molar-refractivity contribution in [3.05, 3.63) is 71.8 Å². The largest absolute Gasteiger partial charge is 1.00 e. The molecule has 0 saturated carbocycles. The molecule has 0 atom stereocenters. The van der Waals surface area contributed by atoms with Crippen LogP contribution in [0.5, 0.6) is 0 Å². The van der Waals surface area contributed by atoms with Crippen molar-refractivity contribution in [3.8, 4) is 6.07 Å². The Morgan fingerprint density at radius 3 is 1.91 bits per heavy atom. The van der Waals surface area contributed by atoms with Gasteiger partial charge in [0.15, 0.2) is 0 Å². The summed E-state index contributed by atoms with van der Waals surface area (Å²) in [5.41, 5.74) is 0.767. The predicted octanol–water partition coefficient (Wildman–Crippen LogP) is 0.426. The third kappa shape index (κ3) is 4.08. The normalized spacial score (nSPS) is 9.36. The average Bonchev–Trinajstić information content (AvgIpc) is 2.47. The Bertz CT molecular complexity index is 681. The fraction of sp³-hybridized carbons (Fsp3) is 0.0625. The van der Waals surface area contributed by atoms with E-state index in [2.05, 4.69) is 0 Å². The second-order valence-corrected chi connectivity index (χ2v) is 4.30. The van der Waals surface area contributed by atoms with Gasteiger partial charge in [0.25, 0.3) is 0 Å². The van der Waals surface area contributed by atoms with E-state index in [1.165, 1.54) is 55.5 Å². The van der Waals surface area contributed by atoms with Crippen molar-refractivity contribution in [2.75, 3.05) is 4.90 Å². The molecule has 2 aromatic carbocycles. The average molecular weight is 308 g/mol. The summed E-state index contributed by atoms with van der Waals surface area (Å²) < 4.78 is 26.0. The summed E-state index contributed by atoms with van der Waals surface area (Å²) >= 11 is 0. The molecule has 0 aliphatic rings. The van der Waals surface area contributed by atoms with E-state index in [9.17, 15) is 18.8 Å². The van der Waals surface area contributed by atoms with E-state index in [1.54, 1.807) is 0 Å². The van der Waals surface area contributed by atoms with Crippen LogP contribution in [0, 0.1) is 29.0 Å². The number of rotatable bonds is 3. The van der Waals surface area contributed by atoms with Gasteiger partial charge in [-0.2, -0.15) is 17.7 Å². The van der Waals surface area contributed by atoms with Gasteiger partial charge in [-0.05, 0) is 24.3 Å². The molecule has 0 fully saturated rings. The second-order valence-electron chi connectivity index (χ2n) is 4.30. The molecule has 0 aliphatic carbocycles. The molecule has 2 rings (SSSR count). The quantitative estimate of drug-likeness (QED) is 0.609. The molecule has 0 saturated heterocycles. The van der Waals surface area contributed by atoms with Crippen LogP contribution >= 0.6 is 0 Å². The fourth-order valence-electron chi connectivity index (χ4n) is 1.91. The van der Waals surface area contributed by atoms with Gasteiger partial charge in [0.1, 0.15) is 5.82 Å². The maximum Gasteiger partial charge on any atom is 1.00 e. The number of halogens is 2. The summed E-state index contributed by atoms with van der Waals surface area (Å²) in [6, 6.07) is 12.4. The molecule has 0 N–H and O–H groups in total. The van der Waals surface area contributed by atoms with Crippen LogP contribution < -0.4 is 34.5 Å². The third-order valence-corrected chi connectivity index (χ3v) is 2.85. The number of nitrogens with zero attached hydrogens (tertiary/aromatic N) is 2. The molecule has 6 heteroatoms. The SMILES string of the molecule is CC(=O)N(c1ccc(F)cc1)[C-](C#N)c1ccc(F)cc1.[Na+]. The molecule has 22 heavy (non-hydrogen) atoms. The predicted molar refractivity (Wildman–Crippen MR) is 73.9 cm³/mol. The topological polar surface area (TPSA) is 44.1 Å². The molecule has 106 valence electrons. The first-order chi connectivity index (χ1) is 10.0. The Balaban J connectivity index is 0.00000242. The van der Waals surface area contributed by atoms with E-state index in [1.807, 2.05) is 6.07 Å². The molecule has 1 amide bonds. The Kier molecular flexibility index (Phi) is 6.57. The summed E-state index contributed by atoms with van der Waals surface area (Å²) in [7, 11) is 0. The van der Waals surface area contributed by atoms with Gasteiger partial charge >= 0.3 is 29.6 Å². The Morgan fingerprint density at radius 1 is 1.05 bits per heavy atom. The molecule has 0 radical (unpaired) electrons. The van der Waals surface area contributed by atoms with Crippen molar-refractivity contribution < 1.29 is 43.1 Å². The molecule has 0 spiro atoms. The first kappa shape index (κ1) is 18.2. The minimum Gasteiger partial charge on any atom is -0.326 e. The number of anilines is 1. The van der Waals surface area contributed by atoms with Crippen LogP contribution in [0.2, 0.25) is 0 Å². The molecule has 3 nitrogen and oxygen atoms in total. The van der Waals surface area contributed by atoms with Crippen molar-refractivity contribution in [1.29, 1.82) is 5.26 Å². The zero-order valence-corrected chi connectivity index (χ0v) is 14.2. The maximum atomic E-state index is 13.0. The first-order valence-corrected chi connectivity index (χ1v) is 6.12. The van der Waals surface area contributed by atoms with Crippen LogP contribution in [0.15, 0.2) is 48.5 Å². The Labute approximate surface area is 149 Å². The molecular weight excluding hydrogens is 297 g/mol. The number of hydrogen-bond donors (Lipinski definition) is 0. The Hall–Kier alpha value is -1.87. The first-order valence-electron chi connectivity index (χ1n) is 6.12. The number of carbonyl (C=O) groups excluding carboxylic acids is 1. The van der Waals surface area contributed by atoms with Crippen LogP contribution in [0.3, 0.4) is 0 Å². The number of amides is 1. The summed E-state index contributed by atoms with van der Waals surface area (Å²) in [6.07, 6.45) is 0. The van der Waals surface area contributed by atoms with Gasteiger partial charge < -0.3 is 4.90 Å². The van der Waals surface area contributed by atoms with Crippen molar-refractivity contribution in [3.63, 3.8) is 0 Å². The second kappa shape index (κ2) is 7.95. The van der Waals surface area contributed by atoms with E-state index in [0.717, 1.165) is 4.90 Å². The number of benzene rings is 2. The fourth-order valence-corrected chi connectivity index (χ4v) is 1.91. The maximum absolute atomic E-state index is 13.0. The summed E-state index contributed by atoms with van der Waals surface area (Å²) in [6.45, 7) is 1.30. The van der Waals surface area contributed by atoms with Crippen molar-refractivity contribution in [1.82, 2.24) is 0 Å². The smallest absolute Gasteiger partial charge is 0.326 e. The number of hydrogen-bond acceptors (Lipinski definition) is 2. The zero-order valence-electron chi connectivity index (χ0n) is 12.2. The van der Waals surface area contributed by atoms with Crippen LogP contribution in [0.1, 0.15) is 12.5 Å². The molecular formula is C16H11F2N2NaO. The van der Waals surface area contributed by atoms with Gasteiger partial charge in [-0.15, -0.1) is 0 Å². The van der Waals surface area contributed by atoms with E-state index < -0.39 is 17.5 Å². The monoisotopic (exact) mass is 308 g/mol.